The highest BCUT2D eigenvalue weighted by molar-refractivity contribution is 7.93. The first-order valence-electron chi connectivity index (χ1n) is 10.8. The Morgan fingerprint density at radius 2 is 2.03 bits per heavy atom. The zero-order valence-corrected chi connectivity index (χ0v) is 19.8. The van der Waals surface area contributed by atoms with Crippen LogP contribution in [0, 0.1) is 11.7 Å². The van der Waals surface area contributed by atoms with E-state index in [1.165, 1.54) is 12.4 Å². The van der Waals surface area contributed by atoms with Gasteiger partial charge in [0.1, 0.15) is 16.5 Å². The van der Waals surface area contributed by atoms with Crippen LogP contribution in [0.15, 0.2) is 40.9 Å². The number of hydrogen-bond donors (Lipinski definition) is 2. The number of rotatable bonds is 5. The fraction of sp³-hybridized carbons (Fsp3) is 0.429. The highest BCUT2D eigenvalue weighted by atomic mass is 32.2. The van der Waals surface area contributed by atoms with Crippen LogP contribution in [0.25, 0.3) is 0 Å². The van der Waals surface area contributed by atoms with Gasteiger partial charge in [0.25, 0.3) is 10.0 Å². The molecule has 14 heteroatoms. The van der Waals surface area contributed by atoms with Crippen LogP contribution in [-0.2, 0) is 10.0 Å². The van der Waals surface area contributed by atoms with Crippen molar-refractivity contribution in [3.05, 3.63) is 53.0 Å². The highest BCUT2D eigenvalue weighted by Crippen LogP contribution is 2.48. The molecule has 2 aliphatic rings. The van der Waals surface area contributed by atoms with E-state index in [0.717, 1.165) is 23.5 Å². The van der Waals surface area contributed by atoms with Crippen molar-refractivity contribution < 1.29 is 30.7 Å². The van der Waals surface area contributed by atoms with Crippen molar-refractivity contribution in [3.8, 4) is 5.75 Å². The van der Waals surface area contributed by atoms with Gasteiger partial charge in [-0.05, 0) is 25.0 Å². The summed E-state index contributed by atoms with van der Waals surface area (Å²) in [5.41, 5.74) is 0.941. The Balaban J connectivity index is 1.48. The summed E-state index contributed by atoms with van der Waals surface area (Å²) in [4.78, 5) is 5.16. The summed E-state index contributed by atoms with van der Waals surface area (Å²) in [6, 6.07) is 2.79. The molecular weight excluding hydrogens is 510 g/mol. The minimum Gasteiger partial charge on any atom is -0.493 e. The lowest BCUT2D eigenvalue weighted by Gasteiger charge is -2.45. The van der Waals surface area contributed by atoms with Gasteiger partial charge in [0.05, 0.1) is 24.3 Å². The van der Waals surface area contributed by atoms with Gasteiger partial charge in [0, 0.05) is 48.4 Å². The molecule has 0 amide bonds. The van der Waals surface area contributed by atoms with Crippen molar-refractivity contribution >= 4 is 26.5 Å². The summed E-state index contributed by atoms with van der Waals surface area (Å²) < 4.78 is 89.2. The van der Waals surface area contributed by atoms with E-state index in [1.807, 2.05) is 4.90 Å². The first kappa shape index (κ1) is 24.0. The van der Waals surface area contributed by atoms with Gasteiger partial charge in [-0.2, -0.15) is 18.3 Å². The number of aromatic amines is 1. The molecule has 8 nitrogen and oxygen atoms in total. The third-order valence-corrected chi connectivity index (χ3v) is 8.58. The largest absolute Gasteiger partial charge is 0.493 e. The summed E-state index contributed by atoms with van der Waals surface area (Å²) in [7, 11) is -4.27. The number of thiazole rings is 1. The third-order valence-electron chi connectivity index (χ3n) is 6.40. The molecular formula is C21H21F4N5O3S2. The molecule has 0 saturated carbocycles. The van der Waals surface area contributed by atoms with Gasteiger partial charge in [0.15, 0.2) is 5.13 Å². The first-order chi connectivity index (χ1) is 16.6. The average molecular weight is 532 g/mol. The molecule has 2 N–H and O–H groups in total. The number of ether oxygens (including phenoxy) is 1. The van der Waals surface area contributed by atoms with Crippen molar-refractivity contribution in [2.45, 2.75) is 42.4 Å². The fourth-order valence-corrected chi connectivity index (χ4v) is 6.64. The molecule has 4 heterocycles. The second kappa shape index (κ2) is 9.06. The van der Waals surface area contributed by atoms with E-state index in [4.69, 9.17) is 4.74 Å². The Kier molecular flexibility index (Phi) is 6.21. The number of alkyl halides is 3. The fourth-order valence-electron chi connectivity index (χ4n) is 4.78. The van der Waals surface area contributed by atoms with Gasteiger partial charge >= 0.3 is 6.18 Å². The summed E-state index contributed by atoms with van der Waals surface area (Å²) in [6.45, 7) is 0.336. The summed E-state index contributed by atoms with van der Waals surface area (Å²) >= 11 is 1.05. The zero-order chi connectivity index (χ0) is 24.8. The molecule has 5 rings (SSSR count). The monoisotopic (exact) mass is 531 g/mol. The summed E-state index contributed by atoms with van der Waals surface area (Å²) in [5.74, 6) is -2.26. The standard InChI is InChI=1S/C21H21F4N5O3S2/c22-14-10-13-16(30-6-2-12(21(23,24)25)9-17(30)15-1-4-27-28-15)3-7-33-18(13)11-19(14)35(31,32)29-20-26-5-8-34-20/h1,4-5,8,10-12,16-17H,2-3,6-7,9H2,(H,26,29)(H,27,28)/t12?,16-,17-/m0/s1. The molecule has 1 unspecified atom stereocenters. The van der Waals surface area contributed by atoms with Crippen LogP contribution in [0.3, 0.4) is 0 Å². The van der Waals surface area contributed by atoms with E-state index in [9.17, 15) is 21.6 Å². The van der Waals surface area contributed by atoms with Gasteiger partial charge in [-0.1, -0.05) is 0 Å². The molecule has 3 atom stereocenters. The van der Waals surface area contributed by atoms with Crippen LogP contribution in [-0.4, -0.2) is 47.8 Å². The molecule has 1 fully saturated rings. The van der Waals surface area contributed by atoms with Crippen molar-refractivity contribution in [2.24, 2.45) is 5.92 Å². The van der Waals surface area contributed by atoms with Gasteiger partial charge in [-0.3, -0.25) is 14.7 Å². The molecule has 2 aliphatic heterocycles. The van der Waals surface area contributed by atoms with E-state index < -0.39 is 44.9 Å². The maximum absolute atomic E-state index is 15.2. The molecule has 1 aromatic carbocycles. The van der Waals surface area contributed by atoms with Gasteiger partial charge in [-0.15, -0.1) is 11.3 Å². The van der Waals surface area contributed by atoms with Gasteiger partial charge in [0.2, 0.25) is 0 Å². The third kappa shape index (κ3) is 4.74. The Labute approximate surface area is 202 Å². The molecule has 0 bridgehead atoms. The van der Waals surface area contributed by atoms with E-state index in [-0.39, 0.29) is 36.9 Å². The maximum Gasteiger partial charge on any atom is 0.391 e. The maximum atomic E-state index is 15.2. The lowest BCUT2D eigenvalue weighted by atomic mass is 9.85. The number of piperidine rings is 1. The SMILES string of the molecule is O=S(=O)(Nc1nccs1)c1cc2c(cc1F)[C@@H](N1CCC(C(F)(F)F)C[C@H]1c1ccn[nH]1)CCO2. The number of fused-ring (bicyclic) bond motifs is 1. The van der Waals surface area contributed by atoms with Crippen LogP contribution in [0.2, 0.25) is 0 Å². The number of sulfonamides is 1. The second-order valence-electron chi connectivity index (χ2n) is 8.44. The van der Waals surface area contributed by atoms with Crippen LogP contribution in [0.5, 0.6) is 5.75 Å². The van der Waals surface area contributed by atoms with Crippen molar-refractivity contribution in [1.29, 1.82) is 0 Å². The summed E-state index contributed by atoms with van der Waals surface area (Å²) in [6.07, 6.45) is -1.26. The van der Waals surface area contributed by atoms with E-state index in [2.05, 4.69) is 19.9 Å². The number of nitrogens with one attached hydrogen (secondary N) is 2. The van der Waals surface area contributed by atoms with Gasteiger partial charge < -0.3 is 4.74 Å². The Bertz CT molecular complexity index is 1280. The number of likely N-dealkylation sites (tertiary alicyclic amines) is 1. The average Bonchev–Trinajstić information content (AvgIpc) is 3.51. The van der Waals surface area contributed by atoms with Gasteiger partial charge in [-0.25, -0.2) is 17.8 Å². The number of benzene rings is 1. The Morgan fingerprint density at radius 3 is 2.71 bits per heavy atom. The normalized spacial score (nSPS) is 23.5. The van der Waals surface area contributed by atoms with Crippen molar-refractivity contribution in [2.75, 3.05) is 17.9 Å². The predicted octanol–water partition coefficient (Wildman–Crippen LogP) is 4.65. The lowest BCUT2D eigenvalue weighted by Crippen LogP contribution is -2.44. The molecule has 0 spiro atoms. The number of halogens is 4. The molecule has 2 aromatic heterocycles. The number of hydrogen-bond acceptors (Lipinski definition) is 7. The molecule has 0 radical (unpaired) electrons. The summed E-state index contributed by atoms with van der Waals surface area (Å²) in [5, 5.41) is 8.34. The molecule has 35 heavy (non-hydrogen) atoms. The second-order valence-corrected chi connectivity index (χ2v) is 11.0. The minimum atomic E-state index is -4.32. The Hall–Kier alpha value is -2.71. The number of aromatic nitrogens is 3. The minimum absolute atomic E-state index is 0.0898. The molecule has 3 aromatic rings. The van der Waals surface area contributed by atoms with E-state index in [0.29, 0.717) is 17.7 Å². The van der Waals surface area contributed by atoms with Crippen LogP contribution in [0.4, 0.5) is 22.7 Å². The van der Waals surface area contributed by atoms with Crippen LogP contribution in [0.1, 0.15) is 42.6 Å². The first-order valence-corrected chi connectivity index (χ1v) is 13.2. The smallest absolute Gasteiger partial charge is 0.391 e. The quantitative estimate of drug-likeness (QED) is 0.465. The molecule has 1 saturated heterocycles. The number of anilines is 1. The van der Waals surface area contributed by atoms with Crippen LogP contribution >= 0.6 is 11.3 Å². The number of H-pyrrole nitrogens is 1. The topological polar surface area (TPSA) is 100 Å². The number of nitrogens with zero attached hydrogens (tertiary/aromatic N) is 3. The zero-order valence-electron chi connectivity index (χ0n) is 18.1. The predicted molar refractivity (Wildman–Crippen MR) is 119 cm³/mol. The van der Waals surface area contributed by atoms with Crippen LogP contribution < -0.4 is 9.46 Å². The van der Waals surface area contributed by atoms with E-state index in [1.54, 1.807) is 11.4 Å². The van der Waals surface area contributed by atoms with Crippen molar-refractivity contribution in [1.82, 2.24) is 20.1 Å². The van der Waals surface area contributed by atoms with E-state index >= 15 is 4.39 Å². The molecule has 0 aliphatic carbocycles. The lowest BCUT2D eigenvalue weighted by molar-refractivity contribution is -0.192. The van der Waals surface area contributed by atoms with Crippen molar-refractivity contribution in [3.63, 3.8) is 0 Å². The highest BCUT2D eigenvalue weighted by Gasteiger charge is 2.47. The Morgan fingerprint density at radius 1 is 1.20 bits per heavy atom. The molecule has 188 valence electrons.